The third-order valence-electron chi connectivity index (χ3n) is 8.30. The Hall–Kier alpha value is -5.25. The number of nitrogens with zero attached hydrogens (tertiary/aromatic N) is 2. The third kappa shape index (κ3) is 6.47. The quantitative estimate of drug-likeness (QED) is 0.145. The molecule has 244 valence electrons. The predicted octanol–water partition coefficient (Wildman–Crippen LogP) is 7.44. The van der Waals surface area contributed by atoms with Gasteiger partial charge in [-0.2, -0.15) is 0 Å². The summed E-state index contributed by atoms with van der Waals surface area (Å²) >= 11 is 4.77. The van der Waals surface area contributed by atoms with Gasteiger partial charge in [-0.3, -0.25) is 9.36 Å². The van der Waals surface area contributed by atoms with Gasteiger partial charge >= 0.3 is 5.97 Å². The first-order valence-corrected chi connectivity index (χ1v) is 17.4. The van der Waals surface area contributed by atoms with Gasteiger partial charge in [0, 0.05) is 15.6 Å². The molecule has 0 aliphatic carbocycles. The maximum absolute atomic E-state index is 14.6. The molecule has 6 aromatic rings. The number of carbonyl (C=O) groups is 1. The highest BCUT2D eigenvalue weighted by Gasteiger charge is 2.35. The predicted molar refractivity (Wildman–Crippen MR) is 196 cm³/mol. The number of esters is 1. The second-order valence-electron chi connectivity index (χ2n) is 11.3. The number of halogens is 1. The topological polar surface area (TPSA) is 79.1 Å². The van der Waals surface area contributed by atoms with Crippen LogP contribution in [-0.4, -0.2) is 24.3 Å². The molecule has 0 saturated carbocycles. The van der Waals surface area contributed by atoms with Gasteiger partial charge < -0.3 is 14.2 Å². The molecule has 0 N–H and O–H groups in total. The van der Waals surface area contributed by atoms with Gasteiger partial charge in [0.2, 0.25) is 0 Å². The molecule has 0 fully saturated rings. The van der Waals surface area contributed by atoms with Crippen molar-refractivity contribution < 1.29 is 19.0 Å². The Morgan fingerprint density at radius 2 is 1.71 bits per heavy atom. The van der Waals surface area contributed by atoms with Crippen LogP contribution < -0.4 is 24.4 Å². The highest BCUT2D eigenvalue weighted by atomic mass is 79.9. The summed E-state index contributed by atoms with van der Waals surface area (Å²) in [6.07, 6.45) is 1.88. The number of aromatic nitrogens is 1. The fraction of sp³-hybridized carbons (Fsp3) is 0.125. The minimum Gasteiger partial charge on any atom is -0.497 e. The van der Waals surface area contributed by atoms with E-state index >= 15 is 0 Å². The van der Waals surface area contributed by atoms with E-state index in [0.717, 1.165) is 31.9 Å². The summed E-state index contributed by atoms with van der Waals surface area (Å²) in [5.41, 5.74) is 3.70. The average molecular weight is 732 g/mol. The van der Waals surface area contributed by atoms with Crippen molar-refractivity contribution >= 4 is 55.8 Å². The highest BCUT2D eigenvalue weighted by molar-refractivity contribution is 9.10. The number of benzene rings is 5. The van der Waals surface area contributed by atoms with Crippen LogP contribution in [0, 0.1) is 0 Å². The summed E-state index contributed by atoms with van der Waals surface area (Å²) in [4.78, 5) is 33.9. The fourth-order valence-corrected chi connectivity index (χ4v) is 7.24. The molecule has 0 spiro atoms. The van der Waals surface area contributed by atoms with Crippen molar-refractivity contribution in [3.05, 3.63) is 167 Å². The molecule has 9 heteroatoms. The molecule has 0 unspecified atom stereocenters. The van der Waals surface area contributed by atoms with Crippen molar-refractivity contribution in [2.75, 3.05) is 13.7 Å². The zero-order chi connectivity index (χ0) is 33.9. The van der Waals surface area contributed by atoms with Crippen molar-refractivity contribution in [2.24, 2.45) is 4.99 Å². The third-order valence-corrected chi connectivity index (χ3v) is 9.81. The number of fused-ring (bicyclic) bond motifs is 2. The summed E-state index contributed by atoms with van der Waals surface area (Å²) in [5.74, 6) is 0.711. The lowest BCUT2D eigenvalue weighted by Crippen LogP contribution is -2.40. The fourth-order valence-electron chi connectivity index (χ4n) is 5.99. The minimum absolute atomic E-state index is 0.170. The van der Waals surface area contributed by atoms with E-state index < -0.39 is 12.0 Å². The van der Waals surface area contributed by atoms with E-state index in [0.29, 0.717) is 38.7 Å². The van der Waals surface area contributed by atoms with Crippen LogP contribution in [0.4, 0.5) is 0 Å². The number of carbonyl (C=O) groups excluding carboxylic acids is 1. The largest absolute Gasteiger partial charge is 0.497 e. The second-order valence-corrected chi connectivity index (χ2v) is 13.2. The normalized spacial score (nSPS) is 14.3. The molecule has 1 aromatic heterocycles. The molecule has 0 bridgehead atoms. The minimum atomic E-state index is -0.816. The van der Waals surface area contributed by atoms with Crippen LogP contribution in [0.1, 0.15) is 35.2 Å². The van der Waals surface area contributed by atoms with Gasteiger partial charge in [0.15, 0.2) is 4.80 Å². The van der Waals surface area contributed by atoms with Crippen LogP contribution in [0.3, 0.4) is 0 Å². The van der Waals surface area contributed by atoms with Crippen LogP contribution in [0.25, 0.3) is 22.5 Å². The van der Waals surface area contributed by atoms with E-state index in [1.54, 1.807) is 18.6 Å². The average Bonchev–Trinajstić information content (AvgIpc) is 3.45. The van der Waals surface area contributed by atoms with E-state index in [1.807, 2.05) is 121 Å². The molecule has 49 heavy (non-hydrogen) atoms. The standard InChI is InChI=1S/C40H31BrN2O5S/c1-3-47-39(45)35-36(27-11-5-4-6-12-27)42-40-43(37(35)28-13-9-14-30(22-28)46-2)38(44)34(49-40)23-32-31-15-8-7-10-26(31)18-21-33(32)48-24-25-16-19-29(41)20-17-25/h4-23,37H,3,24H2,1-2H3/b34-23-/t37-/m0/s1. The van der Waals surface area contributed by atoms with E-state index in [-0.39, 0.29) is 17.7 Å². The maximum Gasteiger partial charge on any atom is 0.338 e. The van der Waals surface area contributed by atoms with Gasteiger partial charge in [-0.1, -0.05) is 112 Å². The lowest BCUT2D eigenvalue weighted by atomic mass is 9.93. The summed E-state index contributed by atoms with van der Waals surface area (Å²) in [7, 11) is 1.59. The molecular weight excluding hydrogens is 700 g/mol. The molecule has 2 heterocycles. The molecule has 0 radical (unpaired) electrons. The Labute approximate surface area is 295 Å². The molecular formula is C40H31BrN2O5S. The molecule has 1 aliphatic heterocycles. The molecule has 7 rings (SSSR count). The van der Waals surface area contributed by atoms with Crippen LogP contribution in [0.5, 0.6) is 11.5 Å². The van der Waals surface area contributed by atoms with Crippen LogP contribution in [-0.2, 0) is 16.1 Å². The first-order valence-electron chi connectivity index (χ1n) is 15.8. The zero-order valence-electron chi connectivity index (χ0n) is 26.8. The zero-order valence-corrected chi connectivity index (χ0v) is 29.2. The van der Waals surface area contributed by atoms with Crippen molar-refractivity contribution in [3.63, 3.8) is 0 Å². The van der Waals surface area contributed by atoms with Gasteiger partial charge in [0.1, 0.15) is 18.1 Å². The number of ether oxygens (including phenoxy) is 3. The summed E-state index contributed by atoms with van der Waals surface area (Å²) in [5, 5.41) is 1.96. The lowest BCUT2D eigenvalue weighted by molar-refractivity contribution is -0.138. The molecule has 0 amide bonds. The van der Waals surface area contributed by atoms with Crippen LogP contribution in [0.15, 0.2) is 135 Å². The Balaban J connectivity index is 1.46. The van der Waals surface area contributed by atoms with Crippen LogP contribution >= 0.6 is 27.3 Å². The van der Waals surface area contributed by atoms with Crippen molar-refractivity contribution in [1.82, 2.24) is 4.57 Å². The number of methoxy groups -OCH3 is 1. The molecule has 0 saturated heterocycles. The first kappa shape index (κ1) is 32.3. The first-order chi connectivity index (χ1) is 23.9. The molecule has 1 atom stereocenters. The van der Waals surface area contributed by atoms with Gasteiger partial charge in [0.25, 0.3) is 5.56 Å². The van der Waals surface area contributed by atoms with E-state index in [2.05, 4.69) is 15.9 Å². The number of rotatable bonds is 9. The van der Waals surface area contributed by atoms with Crippen molar-refractivity contribution in [2.45, 2.75) is 19.6 Å². The number of thiazole rings is 1. The Morgan fingerprint density at radius 1 is 0.939 bits per heavy atom. The summed E-state index contributed by atoms with van der Waals surface area (Å²) in [6.45, 7) is 2.29. The summed E-state index contributed by atoms with van der Waals surface area (Å²) in [6, 6.07) is 36.0. The van der Waals surface area contributed by atoms with Gasteiger partial charge in [-0.15, -0.1) is 0 Å². The second kappa shape index (κ2) is 14.1. The molecule has 7 nitrogen and oxygen atoms in total. The monoisotopic (exact) mass is 730 g/mol. The van der Waals surface area contributed by atoms with Gasteiger partial charge in [0.05, 0.1) is 35.6 Å². The number of hydrogen-bond acceptors (Lipinski definition) is 7. The van der Waals surface area contributed by atoms with Crippen molar-refractivity contribution in [3.8, 4) is 11.5 Å². The smallest absolute Gasteiger partial charge is 0.338 e. The summed E-state index contributed by atoms with van der Waals surface area (Å²) < 4.78 is 20.6. The van der Waals surface area contributed by atoms with Crippen LogP contribution in [0.2, 0.25) is 0 Å². The van der Waals surface area contributed by atoms with E-state index in [1.165, 1.54) is 11.3 Å². The Bertz CT molecular complexity index is 2400. The van der Waals surface area contributed by atoms with Gasteiger partial charge in [-0.25, -0.2) is 9.79 Å². The highest BCUT2D eigenvalue weighted by Crippen LogP contribution is 2.36. The molecule has 1 aliphatic rings. The number of hydrogen-bond donors (Lipinski definition) is 0. The van der Waals surface area contributed by atoms with E-state index in [9.17, 15) is 9.59 Å². The lowest BCUT2D eigenvalue weighted by Gasteiger charge is -2.26. The van der Waals surface area contributed by atoms with Crippen molar-refractivity contribution in [1.29, 1.82) is 0 Å². The maximum atomic E-state index is 14.6. The SMILES string of the molecule is CCOC(=O)C1=C(c2ccccc2)N=c2s/c(=C\c3c(OCc4ccc(Br)cc4)ccc4ccccc34)c(=O)n2[C@H]1c1cccc(OC)c1. The molecule has 5 aromatic carbocycles. The van der Waals surface area contributed by atoms with Gasteiger partial charge in [-0.05, 0) is 65.2 Å². The Kier molecular flexibility index (Phi) is 9.28. The van der Waals surface area contributed by atoms with E-state index in [4.69, 9.17) is 19.2 Å². The Morgan fingerprint density at radius 3 is 2.49 bits per heavy atom.